The Balaban J connectivity index is 2.49. The number of benzene rings is 1. The number of hydrogen-bond acceptors (Lipinski definition) is 9. The molecule has 1 heterocycles. The van der Waals surface area contributed by atoms with Gasteiger partial charge in [0, 0.05) is 24.3 Å². The van der Waals surface area contributed by atoms with Crippen molar-refractivity contribution in [1.29, 1.82) is 0 Å². The molecule has 0 saturated carbocycles. The molecule has 0 aliphatic carbocycles. The third kappa shape index (κ3) is 7.24. The molecule has 1 aromatic rings. The number of rotatable bonds is 10. The van der Waals surface area contributed by atoms with Gasteiger partial charge in [0.25, 0.3) is 11.8 Å². The van der Waals surface area contributed by atoms with Crippen molar-refractivity contribution in [3.63, 3.8) is 0 Å². The number of cyclic esters (lactones) is 2. The van der Waals surface area contributed by atoms with Gasteiger partial charge in [0.2, 0.25) is 5.91 Å². The van der Waals surface area contributed by atoms with Gasteiger partial charge in [-0.15, -0.1) is 0 Å². The second-order valence-corrected chi connectivity index (χ2v) is 10.3. The topological polar surface area (TPSA) is 164 Å². The van der Waals surface area contributed by atoms with Crippen LogP contribution in [-0.4, -0.2) is 98.3 Å². The molecule has 2 rings (SSSR count). The fourth-order valence-electron chi connectivity index (χ4n) is 2.88. The number of methoxy groups -OCH3 is 1. The van der Waals surface area contributed by atoms with Gasteiger partial charge in [-0.2, -0.15) is 0 Å². The minimum atomic E-state index is -1.15. The highest BCUT2D eigenvalue weighted by atomic mass is 127. The molecule has 188 valence electrons. The fourth-order valence-corrected chi connectivity index (χ4v) is 7.26. The summed E-state index contributed by atoms with van der Waals surface area (Å²) < 4.78 is 15.6. The summed E-state index contributed by atoms with van der Waals surface area (Å²) >= 11 is 5.70. The minimum absolute atomic E-state index is 0.0000250. The van der Waals surface area contributed by atoms with Gasteiger partial charge in [0.05, 0.1) is 43.2 Å². The van der Waals surface area contributed by atoms with Crippen LogP contribution in [0.4, 0.5) is 10.5 Å². The number of aliphatic hydroxyl groups is 2. The Kier molecular flexibility index (Phi) is 11.4. The molecule has 1 fully saturated rings. The summed E-state index contributed by atoms with van der Waals surface area (Å²) in [4.78, 5) is 51.0. The number of aliphatic hydroxyl groups excluding tert-OH is 2. The molecule has 0 spiro atoms. The van der Waals surface area contributed by atoms with Gasteiger partial charge < -0.3 is 40.0 Å². The average Bonchev–Trinajstić information content (AvgIpc) is 3.20. The van der Waals surface area contributed by atoms with E-state index in [1.165, 1.54) is 19.1 Å². The summed E-state index contributed by atoms with van der Waals surface area (Å²) in [7, 11) is 2.81. The lowest BCUT2D eigenvalue weighted by atomic mass is 10.1. The van der Waals surface area contributed by atoms with Crippen molar-refractivity contribution in [3.8, 4) is 0 Å². The number of carbonyl (C=O) groups excluding carboxylic acids is 4. The predicted molar refractivity (Wildman–Crippen MR) is 144 cm³/mol. The quantitative estimate of drug-likeness (QED) is 0.198. The average molecular weight is 817 g/mol. The van der Waals surface area contributed by atoms with Crippen LogP contribution in [0.25, 0.3) is 0 Å². The SMILES string of the molecule is COCC(=O)Nc1c(I)c(C(=O)NCC2COC(=O)O2)c(I)c(C(=O)N(C)CC(O)CO)c1I. The number of nitrogens with one attached hydrogen (secondary N) is 2. The minimum Gasteiger partial charge on any atom is -0.430 e. The molecular formula is C19H22I3N3O9. The first-order chi connectivity index (χ1) is 16.0. The molecule has 15 heteroatoms. The predicted octanol–water partition coefficient (Wildman–Crippen LogP) is 0.776. The molecule has 1 aliphatic heterocycles. The van der Waals surface area contributed by atoms with Crippen molar-refractivity contribution in [3.05, 3.63) is 21.8 Å². The van der Waals surface area contributed by atoms with Crippen LogP contribution in [0.2, 0.25) is 0 Å². The van der Waals surface area contributed by atoms with Crippen molar-refractivity contribution in [2.24, 2.45) is 0 Å². The van der Waals surface area contributed by atoms with Gasteiger partial charge >= 0.3 is 6.16 Å². The van der Waals surface area contributed by atoms with Gasteiger partial charge in [-0.05, 0) is 67.8 Å². The molecule has 0 aromatic heterocycles. The van der Waals surface area contributed by atoms with Crippen LogP contribution in [0.3, 0.4) is 0 Å². The molecule has 34 heavy (non-hydrogen) atoms. The number of hydrogen-bond donors (Lipinski definition) is 4. The fraction of sp³-hybridized carbons (Fsp3) is 0.474. The molecule has 12 nitrogen and oxygen atoms in total. The number of anilines is 1. The lowest BCUT2D eigenvalue weighted by Gasteiger charge is -2.24. The summed E-state index contributed by atoms with van der Waals surface area (Å²) in [6, 6.07) is 0. The smallest absolute Gasteiger partial charge is 0.430 e. The van der Waals surface area contributed by atoms with Crippen molar-refractivity contribution in [2.45, 2.75) is 12.2 Å². The zero-order chi connectivity index (χ0) is 25.6. The molecule has 2 unspecified atom stereocenters. The number of nitrogens with zero attached hydrogens (tertiary/aromatic N) is 1. The van der Waals surface area contributed by atoms with E-state index in [2.05, 4.69) is 10.6 Å². The van der Waals surface area contributed by atoms with E-state index in [-0.39, 0.29) is 43.1 Å². The lowest BCUT2D eigenvalue weighted by Crippen LogP contribution is -2.38. The first-order valence-electron chi connectivity index (χ1n) is 9.66. The van der Waals surface area contributed by atoms with Crippen LogP contribution in [0.1, 0.15) is 20.7 Å². The van der Waals surface area contributed by atoms with E-state index in [1.807, 2.05) is 67.8 Å². The summed E-state index contributed by atoms with van der Waals surface area (Å²) in [5.74, 6) is -1.56. The molecule has 1 saturated heterocycles. The number of ether oxygens (including phenoxy) is 3. The summed E-state index contributed by atoms with van der Waals surface area (Å²) in [6.07, 6.45) is -2.61. The Morgan fingerprint density at radius 1 is 1.21 bits per heavy atom. The zero-order valence-corrected chi connectivity index (χ0v) is 24.5. The van der Waals surface area contributed by atoms with Crippen LogP contribution in [0.15, 0.2) is 0 Å². The third-order valence-electron chi connectivity index (χ3n) is 4.48. The van der Waals surface area contributed by atoms with E-state index in [9.17, 15) is 24.3 Å². The van der Waals surface area contributed by atoms with Crippen LogP contribution in [-0.2, 0) is 19.0 Å². The molecule has 3 amide bonds. The highest BCUT2D eigenvalue weighted by Crippen LogP contribution is 2.36. The molecule has 4 N–H and O–H groups in total. The number of amides is 3. The summed E-state index contributed by atoms with van der Waals surface area (Å²) in [5, 5.41) is 24.2. The molecule has 1 aromatic carbocycles. The highest BCUT2D eigenvalue weighted by molar-refractivity contribution is 14.1. The first kappa shape index (κ1) is 29.2. The normalized spacial score (nSPS) is 15.9. The molecular weight excluding hydrogens is 795 g/mol. The number of likely N-dealkylation sites (N-methyl/N-ethyl adjacent to an activating group) is 1. The monoisotopic (exact) mass is 817 g/mol. The lowest BCUT2D eigenvalue weighted by molar-refractivity contribution is -0.119. The van der Waals surface area contributed by atoms with E-state index < -0.39 is 42.7 Å². The Hall–Kier alpha value is -1.03. The summed E-state index contributed by atoms with van der Waals surface area (Å²) in [6.45, 7) is -0.925. The largest absolute Gasteiger partial charge is 0.508 e. The van der Waals surface area contributed by atoms with E-state index in [1.54, 1.807) is 0 Å². The molecule has 0 bridgehead atoms. The van der Waals surface area contributed by atoms with Gasteiger partial charge in [-0.25, -0.2) is 4.79 Å². The van der Waals surface area contributed by atoms with E-state index in [0.29, 0.717) is 10.7 Å². The van der Waals surface area contributed by atoms with Gasteiger partial charge in [0.1, 0.15) is 13.2 Å². The number of halogens is 3. The van der Waals surface area contributed by atoms with Crippen LogP contribution in [0.5, 0.6) is 0 Å². The van der Waals surface area contributed by atoms with Crippen LogP contribution in [0, 0.1) is 10.7 Å². The zero-order valence-electron chi connectivity index (χ0n) is 18.0. The number of carbonyl (C=O) groups is 4. The second kappa shape index (κ2) is 13.3. The van der Waals surface area contributed by atoms with E-state index in [4.69, 9.17) is 19.3 Å². The first-order valence-corrected chi connectivity index (χ1v) is 12.9. The van der Waals surface area contributed by atoms with Gasteiger partial charge in [0.15, 0.2) is 6.10 Å². The van der Waals surface area contributed by atoms with Crippen molar-refractivity contribution >= 4 is 97.3 Å². The molecule has 1 aliphatic rings. The summed E-state index contributed by atoms with van der Waals surface area (Å²) in [5.41, 5.74) is 0.533. The Bertz CT molecular complexity index is 976. The Labute approximate surface area is 235 Å². The van der Waals surface area contributed by atoms with Crippen molar-refractivity contribution < 1.29 is 43.6 Å². The molecule has 2 atom stereocenters. The Morgan fingerprint density at radius 2 is 1.85 bits per heavy atom. The van der Waals surface area contributed by atoms with E-state index in [0.717, 1.165) is 0 Å². The van der Waals surface area contributed by atoms with Gasteiger partial charge in [-0.1, -0.05) is 0 Å². The van der Waals surface area contributed by atoms with Crippen LogP contribution >= 0.6 is 67.8 Å². The van der Waals surface area contributed by atoms with Gasteiger partial charge in [-0.3, -0.25) is 14.4 Å². The Morgan fingerprint density at radius 3 is 2.41 bits per heavy atom. The standard InChI is InChI=1S/C19H22I3N3O9/c1-25(4-8(27)5-26)18(30)12-13(20)11(17(29)23-3-9-6-33-19(31)34-9)14(21)16(15(12)22)24-10(28)7-32-2/h8-9,26-27H,3-7H2,1-2H3,(H,23,29)(H,24,28). The van der Waals surface area contributed by atoms with Crippen molar-refractivity contribution in [1.82, 2.24) is 10.2 Å². The third-order valence-corrected chi connectivity index (χ3v) is 7.72. The maximum Gasteiger partial charge on any atom is 0.508 e. The van der Waals surface area contributed by atoms with E-state index >= 15 is 0 Å². The highest BCUT2D eigenvalue weighted by Gasteiger charge is 2.31. The molecule has 0 radical (unpaired) electrons. The van der Waals surface area contributed by atoms with Crippen LogP contribution < -0.4 is 10.6 Å². The second-order valence-electron chi connectivity index (χ2n) is 7.08. The van der Waals surface area contributed by atoms with Crippen molar-refractivity contribution in [2.75, 3.05) is 52.4 Å². The maximum absolute atomic E-state index is 13.3. The maximum atomic E-state index is 13.3.